The van der Waals surface area contributed by atoms with Crippen molar-refractivity contribution in [2.45, 2.75) is 38.0 Å². The van der Waals surface area contributed by atoms with Crippen LogP contribution in [0.25, 0.3) is 0 Å². The summed E-state index contributed by atoms with van der Waals surface area (Å²) in [5.41, 5.74) is -0.0991. The van der Waals surface area contributed by atoms with E-state index in [1.807, 2.05) is 0 Å². The predicted octanol–water partition coefficient (Wildman–Crippen LogP) is 3.38. The summed E-state index contributed by atoms with van der Waals surface area (Å²) in [4.78, 5) is 26.2. The highest BCUT2D eigenvalue weighted by Crippen LogP contribution is 2.39. The van der Waals surface area contributed by atoms with Gasteiger partial charge in [0.1, 0.15) is 0 Å². The molecular weight excluding hydrogens is 337 g/mol. The molecule has 1 aliphatic heterocycles. The summed E-state index contributed by atoms with van der Waals surface area (Å²) in [7, 11) is 1.20. The van der Waals surface area contributed by atoms with Crippen molar-refractivity contribution in [3.8, 4) is 0 Å². The Bertz CT molecular complexity index is 754. The maximum absolute atomic E-state index is 13.0. The van der Waals surface area contributed by atoms with Crippen molar-refractivity contribution in [3.63, 3.8) is 0 Å². The quantitative estimate of drug-likeness (QED) is 0.847. The molecule has 1 N–H and O–H groups in total. The summed E-state index contributed by atoms with van der Waals surface area (Å²) in [6, 6.07) is 3.19. The number of urea groups is 1. The molecule has 0 aromatic heterocycles. The van der Waals surface area contributed by atoms with Crippen LogP contribution >= 0.6 is 0 Å². The first kappa shape index (κ1) is 17.3. The lowest BCUT2D eigenvalue weighted by atomic mass is 9.93. The van der Waals surface area contributed by atoms with Crippen LogP contribution in [0.2, 0.25) is 0 Å². The molecule has 0 radical (unpaired) electrons. The second kappa shape index (κ2) is 6.09. The van der Waals surface area contributed by atoms with Crippen LogP contribution < -0.4 is 5.32 Å². The molecule has 3 rings (SSSR count). The average molecular weight is 354 g/mol. The molecule has 5 nitrogen and oxygen atoms in total. The van der Waals surface area contributed by atoms with Crippen LogP contribution in [-0.4, -0.2) is 30.1 Å². The molecule has 2 aliphatic rings. The highest BCUT2D eigenvalue weighted by Gasteiger charge is 2.43. The van der Waals surface area contributed by atoms with Gasteiger partial charge in [-0.3, -0.25) is 4.90 Å². The van der Waals surface area contributed by atoms with Crippen LogP contribution in [0.5, 0.6) is 0 Å². The standard InChI is InChI=1S/C17H17F3N2O3/c1-9-13(15(23)25-2)14(21-16(24)22(9)12-6-7-12)10-4-3-5-11(8-10)17(18,19)20/h3-5,8,12,14H,6-7H2,1-2H3,(H,21,24)/t14-/m0/s1. The van der Waals surface area contributed by atoms with Gasteiger partial charge in [-0.2, -0.15) is 13.2 Å². The number of halogens is 3. The maximum Gasteiger partial charge on any atom is 0.416 e. The van der Waals surface area contributed by atoms with Crippen molar-refractivity contribution < 1.29 is 27.5 Å². The normalized spacial score (nSPS) is 21.2. The van der Waals surface area contributed by atoms with Gasteiger partial charge in [0.2, 0.25) is 0 Å². The van der Waals surface area contributed by atoms with Gasteiger partial charge in [-0.25, -0.2) is 9.59 Å². The molecule has 25 heavy (non-hydrogen) atoms. The van der Waals surface area contributed by atoms with E-state index < -0.39 is 29.8 Å². The Morgan fingerprint density at radius 2 is 2.00 bits per heavy atom. The van der Waals surface area contributed by atoms with Gasteiger partial charge in [0.05, 0.1) is 24.3 Å². The maximum atomic E-state index is 13.0. The van der Waals surface area contributed by atoms with Crippen molar-refractivity contribution in [1.82, 2.24) is 10.2 Å². The number of nitrogens with zero attached hydrogens (tertiary/aromatic N) is 1. The van der Waals surface area contributed by atoms with E-state index in [-0.39, 0.29) is 17.2 Å². The number of alkyl halides is 3. The molecule has 1 fully saturated rings. The molecule has 1 aromatic rings. The molecule has 1 heterocycles. The summed E-state index contributed by atoms with van der Waals surface area (Å²) in [5.74, 6) is -0.675. The number of rotatable bonds is 3. The van der Waals surface area contributed by atoms with Crippen LogP contribution in [0.3, 0.4) is 0 Å². The molecule has 0 spiro atoms. The molecule has 0 bridgehead atoms. The number of hydrogen-bond acceptors (Lipinski definition) is 3. The monoisotopic (exact) mass is 354 g/mol. The zero-order valence-corrected chi connectivity index (χ0v) is 13.7. The number of carbonyl (C=O) groups is 2. The summed E-state index contributed by atoms with van der Waals surface area (Å²) >= 11 is 0. The minimum absolute atomic E-state index is 0.0158. The van der Waals surface area contributed by atoms with E-state index in [0.29, 0.717) is 5.70 Å². The topological polar surface area (TPSA) is 58.6 Å². The van der Waals surface area contributed by atoms with E-state index in [1.54, 1.807) is 6.92 Å². The number of amides is 2. The SMILES string of the molecule is COC(=O)C1=C(C)N(C2CC2)C(=O)N[C@H]1c1cccc(C(F)(F)F)c1. The molecular formula is C17H17F3N2O3. The molecule has 0 unspecified atom stereocenters. The fraction of sp³-hybridized carbons (Fsp3) is 0.412. The highest BCUT2D eigenvalue weighted by atomic mass is 19.4. The van der Waals surface area contributed by atoms with Crippen LogP contribution in [0, 0.1) is 0 Å². The van der Waals surface area contributed by atoms with Crippen molar-refractivity contribution >= 4 is 12.0 Å². The first-order chi connectivity index (χ1) is 11.7. The molecule has 1 aromatic carbocycles. The number of carbonyl (C=O) groups excluding carboxylic acids is 2. The van der Waals surface area contributed by atoms with Crippen molar-refractivity contribution in [2.75, 3.05) is 7.11 Å². The third kappa shape index (κ3) is 3.20. The molecule has 134 valence electrons. The molecule has 1 saturated carbocycles. The lowest BCUT2D eigenvalue weighted by Crippen LogP contribution is -2.48. The second-order valence-corrected chi connectivity index (χ2v) is 6.10. The third-order valence-corrected chi connectivity index (χ3v) is 4.39. The Balaban J connectivity index is 2.08. The molecule has 0 saturated heterocycles. The summed E-state index contributed by atoms with van der Waals surface area (Å²) in [5, 5.41) is 2.64. The van der Waals surface area contributed by atoms with Gasteiger partial charge in [-0.15, -0.1) is 0 Å². The van der Waals surface area contributed by atoms with E-state index in [4.69, 9.17) is 4.74 Å². The van der Waals surface area contributed by atoms with Gasteiger partial charge >= 0.3 is 18.2 Å². The van der Waals surface area contributed by atoms with Crippen LogP contribution in [0.15, 0.2) is 35.5 Å². The molecule has 8 heteroatoms. The minimum atomic E-state index is -4.51. The van der Waals surface area contributed by atoms with E-state index >= 15 is 0 Å². The number of hydrogen-bond donors (Lipinski definition) is 1. The number of nitrogens with one attached hydrogen (secondary N) is 1. The van der Waals surface area contributed by atoms with Gasteiger partial charge in [0.25, 0.3) is 0 Å². The summed E-state index contributed by atoms with van der Waals surface area (Å²) < 4.78 is 43.8. The van der Waals surface area contributed by atoms with E-state index in [0.717, 1.165) is 25.0 Å². The minimum Gasteiger partial charge on any atom is -0.466 e. The number of esters is 1. The van der Waals surface area contributed by atoms with Gasteiger partial charge in [0.15, 0.2) is 0 Å². The average Bonchev–Trinajstić information content (AvgIpc) is 3.38. The van der Waals surface area contributed by atoms with Gasteiger partial charge in [-0.1, -0.05) is 12.1 Å². The fourth-order valence-electron chi connectivity index (χ4n) is 3.05. The summed E-state index contributed by atoms with van der Waals surface area (Å²) in [6.07, 6.45) is -2.86. The second-order valence-electron chi connectivity index (χ2n) is 6.10. The van der Waals surface area contributed by atoms with E-state index in [9.17, 15) is 22.8 Å². The first-order valence-electron chi connectivity index (χ1n) is 7.80. The van der Waals surface area contributed by atoms with Gasteiger partial charge in [0, 0.05) is 11.7 Å². The third-order valence-electron chi connectivity index (χ3n) is 4.39. The Morgan fingerprint density at radius 3 is 2.56 bits per heavy atom. The largest absolute Gasteiger partial charge is 0.466 e. The number of benzene rings is 1. The van der Waals surface area contributed by atoms with E-state index in [2.05, 4.69) is 5.32 Å². The van der Waals surface area contributed by atoms with E-state index in [1.165, 1.54) is 24.1 Å². The Hall–Kier alpha value is -2.51. The zero-order chi connectivity index (χ0) is 18.4. The van der Waals surface area contributed by atoms with Gasteiger partial charge in [-0.05, 0) is 37.5 Å². The van der Waals surface area contributed by atoms with Crippen molar-refractivity contribution in [3.05, 3.63) is 46.7 Å². The zero-order valence-electron chi connectivity index (χ0n) is 13.7. The van der Waals surface area contributed by atoms with Crippen LogP contribution in [0.1, 0.15) is 36.9 Å². The lowest BCUT2D eigenvalue weighted by molar-refractivity contribution is -0.137. The lowest BCUT2D eigenvalue weighted by Gasteiger charge is -2.35. The number of ether oxygens (including phenoxy) is 1. The fourth-order valence-corrected chi connectivity index (χ4v) is 3.05. The van der Waals surface area contributed by atoms with Crippen LogP contribution in [-0.2, 0) is 15.7 Å². The molecule has 1 aliphatic carbocycles. The Kier molecular flexibility index (Phi) is 4.22. The number of allylic oxidation sites excluding steroid dienone is 1. The summed E-state index contributed by atoms with van der Waals surface area (Å²) in [6.45, 7) is 1.62. The smallest absolute Gasteiger partial charge is 0.416 e. The van der Waals surface area contributed by atoms with Crippen molar-refractivity contribution in [2.24, 2.45) is 0 Å². The highest BCUT2D eigenvalue weighted by molar-refractivity contribution is 5.95. The van der Waals surface area contributed by atoms with Gasteiger partial charge < -0.3 is 10.1 Å². The predicted molar refractivity (Wildman–Crippen MR) is 82.3 cm³/mol. The molecule has 1 atom stereocenters. The van der Waals surface area contributed by atoms with Crippen molar-refractivity contribution in [1.29, 1.82) is 0 Å². The number of methoxy groups -OCH3 is 1. The Labute approximate surface area is 142 Å². The molecule has 2 amide bonds. The Morgan fingerprint density at radius 1 is 1.32 bits per heavy atom. The van der Waals surface area contributed by atoms with Crippen LogP contribution in [0.4, 0.5) is 18.0 Å². The first-order valence-corrected chi connectivity index (χ1v) is 7.80.